The number of nitrogens with zero attached hydrogens (tertiary/aromatic N) is 2. The average molecular weight is 318 g/mol. The van der Waals surface area contributed by atoms with Crippen LogP contribution in [0.3, 0.4) is 0 Å². The molecule has 0 aliphatic heterocycles. The van der Waals surface area contributed by atoms with Crippen LogP contribution in [0.4, 0.5) is 0 Å². The number of ether oxygens (including phenoxy) is 1. The molecule has 0 fully saturated rings. The highest BCUT2D eigenvalue weighted by Gasteiger charge is 2.21. The summed E-state index contributed by atoms with van der Waals surface area (Å²) in [4.78, 5) is 0.198. The van der Waals surface area contributed by atoms with Crippen molar-refractivity contribution in [1.82, 2.24) is 19.8 Å². The molecular weight excluding hydrogens is 292 g/mol. The van der Waals surface area contributed by atoms with Gasteiger partial charge in [-0.15, -0.1) is 0 Å². The number of aromatic nitrogens is 2. The summed E-state index contributed by atoms with van der Waals surface area (Å²) < 4.78 is 34.0. The van der Waals surface area contributed by atoms with Gasteiger partial charge >= 0.3 is 0 Å². The fourth-order valence-corrected chi connectivity index (χ4v) is 3.24. The zero-order valence-corrected chi connectivity index (χ0v) is 13.8. The second kappa shape index (κ2) is 9.14. The van der Waals surface area contributed by atoms with Crippen LogP contribution < -0.4 is 10.0 Å². The Labute approximate surface area is 127 Å². The molecule has 21 heavy (non-hydrogen) atoms. The predicted molar refractivity (Wildman–Crippen MR) is 81.7 cm³/mol. The fourth-order valence-electron chi connectivity index (χ4n) is 2.04. The van der Waals surface area contributed by atoms with Crippen LogP contribution in [0.25, 0.3) is 0 Å². The van der Waals surface area contributed by atoms with Crippen LogP contribution in [0, 0.1) is 0 Å². The van der Waals surface area contributed by atoms with Gasteiger partial charge in [0.15, 0.2) is 0 Å². The summed E-state index contributed by atoms with van der Waals surface area (Å²) >= 11 is 0. The number of methoxy groups -OCH3 is 1. The quantitative estimate of drug-likeness (QED) is 0.583. The molecule has 0 spiro atoms. The van der Waals surface area contributed by atoms with E-state index in [0.717, 1.165) is 25.8 Å². The van der Waals surface area contributed by atoms with Crippen molar-refractivity contribution >= 4 is 10.0 Å². The van der Waals surface area contributed by atoms with Gasteiger partial charge in [-0.25, -0.2) is 13.1 Å². The summed E-state index contributed by atoms with van der Waals surface area (Å²) in [7, 11) is -0.0949. The van der Waals surface area contributed by atoms with E-state index < -0.39 is 10.0 Å². The predicted octanol–water partition coefficient (Wildman–Crippen LogP) is 0.586. The van der Waals surface area contributed by atoms with Gasteiger partial charge in [-0.05, 0) is 26.4 Å². The lowest BCUT2D eigenvalue weighted by Gasteiger charge is -2.16. The zero-order valence-electron chi connectivity index (χ0n) is 13.0. The van der Waals surface area contributed by atoms with Crippen LogP contribution in [0.1, 0.15) is 26.2 Å². The van der Waals surface area contributed by atoms with Crippen molar-refractivity contribution in [3.8, 4) is 0 Å². The first-order chi connectivity index (χ1) is 10.0. The van der Waals surface area contributed by atoms with E-state index >= 15 is 0 Å². The van der Waals surface area contributed by atoms with Crippen LogP contribution in [0.2, 0.25) is 0 Å². The molecule has 1 rings (SSSR count). The lowest BCUT2D eigenvalue weighted by molar-refractivity contribution is 0.171. The smallest absolute Gasteiger partial charge is 0.244 e. The maximum Gasteiger partial charge on any atom is 0.244 e. The number of sulfonamides is 1. The Morgan fingerprint density at radius 1 is 1.48 bits per heavy atom. The number of hydrogen-bond acceptors (Lipinski definition) is 5. The topological polar surface area (TPSA) is 85.2 Å². The number of rotatable bonds is 11. The molecule has 1 unspecified atom stereocenters. The molecule has 1 aromatic rings. The van der Waals surface area contributed by atoms with Crippen molar-refractivity contribution in [1.29, 1.82) is 0 Å². The molecule has 122 valence electrons. The van der Waals surface area contributed by atoms with Crippen LogP contribution in [-0.2, 0) is 21.3 Å². The Kier molecular flexibility index (Phi) is 7.87. The third kappa shape index (κ3) is 6.13. The van der Waals surface area contributed by atoms with Gasteiger partial charge in [0, 0.05) is 25.9 Å². The van der Waals surface area contributed by atoms with Crippen LogP contribution in [-0.4, -0.2) is 51.5 Å². The van der Waals surface area contributed by atoms with E-state index in [0.29, 0.717) is 13.2 Å². The molecule has 0 aliphatic rings. The van der Waals surface area contributed by atoms with Gasteiger partial charge in [0.1, 0.15) is 4.90 Å². The van der Waals surface area contributed by atoms with Gasteiger partial charge in [0.05, 0.1) is 12.8 Å². The van der Waals surface area contributed by atoms with E-state index in [1.165, 1.54) is 6.20 Å². The molecule has 0 radical (unpaired) electrons. The second-order valence-corrected chi connectivity index (χ2v) is 6.67. The molecule has 1 aromatic heterocycles. The summed E-state index contributed by atoms with van der Waals surface area (Å²) in [6.45, 7) is 3.93. The first-order valence-electron chi connectivity index (χ1n) is 7.21. The highest BCUT2D eigenvalue weighted by molar-refractivity contribution is 7.89. The lowest BCUT2D eigenvalue weighted by Crippen LogP contribution is -2.37. The summed E-state index contributed by atoms with van der Waals surface area (Å²) in [5, 5.41) is 7.14. The van der Waals surface area contributed by atoms with Crippen LogP contribution in [0.15, 0.2) is 17.3 Å². The second-order valence-electron chi connectivity index (χ2n) is 4.96. The molecule has 2 N–H and O–H groups in total. The minimum absolute atomic E-state index is 0.198. The molecule has 0 saturated heterocycles. The van der Waals surface area contributed by atoms with E-state index in [-0.39, 0.29) is 10.9 Å². The molecule has 0 amide bonds. The number of nitrogens with one attached hydrogen (secondary N) is 2. The molecule has 0 aromatic carbocycles. The van der Waals surface area contributed by atoms with E-state index in [2.05, 4.69) is 15.1 Å². The van der Waals surface area contributed by atoms with E-state index in [1.54, 1.807) is 18.0 Å². The summed E-state index contributed by atoms with van der Waals surface area (Å²) in [6, 6.07) is -0.211. The van der Waals surface area contributed by atoms with E-state index in [4.69, 9.17) is 4.74 Å². The number of aryl methyl sites for hydroxylation is 1. The third-order valence-electron chi connectivity index (χ3n) is 3.06. The van der Waals surface area contributed by atoms with Gasteiger partial charge in [0.25, 0.3) is 0 Å². The average Bonchev–Trinajstić information content (AvgIpc) is 2.89. The normalized spacial score (nSPS) is 13.5. The molecular formula is C13H26N4O3S. The molecule has 1 atom stereocenters. The Morgan fingerprint density at radius 3 is 2.86 bits per heavy atom. The van der Waals surface area contributed by atoms with Crippen molar-refractivity contribution in [2.45, 2.75) is 43.7 Å². The Bertz CT molecular complexity index is 495. The molecule has 0 bridgehead atoms. The minimum atomic E-state index is -3.54. The molecule has 0 saturated carbocycles. The van der Waals surface area contributed by atoms with Crippen LogP contribution >= 0.6 is 0 Å². The fraction of sp³-hybridized carbons (Fsp3) is 0.769. The highest BCUT2D eigenvalue weighted by atomic mass is 32.2. The summed E-state index contributed by atoms with van der Waals surface area (Å²) in [6.07, 6.45) is 5.47. The van der Waals surface area contributed by atoms with Gasteiger partial charge in [0.2, 0.25) is 10.0 Å². The standard InChI is InChI=1S/C13H26N4O3S/c1-4-6-12(11-20-3)16-21(18,19)13-9-15-17(10-13)8-5-7-14-2/h9-10,12,14,16H,4-8,11H2,1-3H3. The first kappa shape index (κ1) is 18.1. The number of hydrogen-bond donors (Lipinski definition) is 2. The van der Waals surface area contributed by atoms with Crippen molar-refractivity contribution in [2.75, 3.05) is 27.3 Å². The SMILES string of the molecule is CCCC(COC)NS(=O)(=O)c1cnn(CCCNC)c1. The maximum absolute atomic E-state index is 12.3. The Hall–Kier alpha value is -0.960. The van der Waals surface area contributed by atoms with Crippen LogP contribution in [0.5, 0.6) is 0 Å². The maximum atomic E-state index is 12.3. The zero-order chi connectivity index (χ0) is 15.7. The highest BCUT2D eigenvalue weighted by Crippen LogP contribution is 2.10. The van der Waals surface area contributed by atoms with E-state index in [9.17, 15) is 8.42 Å². The van der Waals surface area contributed by atoms with Gasteiger partial charge in [-0.1, -0.05) is 13.3 Å². The minimum Gasteiger partial charge on any atom is -0.383 e. The largest absolute Gasteiger partial charge is 0.383 e. The van der Waals surface area contributed by atoms with Gasteiger partial charge in [-0.2, -0.15) is 5.10 Å². The van der Waals surface area contributed by atoms with Gasteiger partial charge in [-0.3, -0.25) is 4.68 Å². The monoisotopic (exact) mass is 318 g/mol. The van der Waals surface area contributed by atoms with Crippen molar-refractivity contribution in [2.24, 2.45) is 0 Å². The first-order valence-corrected chi connectivity index (χ1v) is 8.70. The molecule has 8 heteroatoms. The van der Waals surface area contributed by atoms with Crippen molar-refractivity contribution in [3.63, 3.8) is 0 Å². The summed E-state index contributed by atoms with van der Waals surface area (Å²) in [5.41, 5.74) is 0. The summed E-state index contributed by atoms with van der Waals surface area (Å²) in [5.74, 6) is 0. The molecule has 1 heterocycles. The van der Waals surface area contributed by atoms with Crippen molar-refractivity contribution < 1.29 is 13.2 Å². The van der Waals surface area contributed by atoms with Gasteiger partial charge < -0.3 is 10.1 Å². The van der Waals surface area contributed by atoms with E-state index in [1.807, 2.05) is 14.0 Å². The third-order valence-corrected chi connectivity index (χ3v) is 4.54. The Balaban J connectivity index is 2.68. The van der Waals surface area contributed by atoms with Crippen molar-refractivity contribution in [3.05, 3.63) is 12.4 Å². The lowest BCUT2D eigenvalue weighted by atomic mass is 10.2. The Morgan fingerprint density at radius 2 is 2.24 bits per heavy atom. The molecule has 7 nitrogen and oxygen atoms in total. The molecule has 0 aliphatic carbocycles.